The zero-order valence-corrected chi connectivity index (χ0v) is 26.4. The van der Waals surface area contributed by atoms with Gasteiger partial charge in [-0.05, 0) is 82.9 Å². The number of amides is 4. The van der Waals surface area contributed by atoms with Crippen molar-refractivity contribution < 1.29 is 23.9 Å². The standard InChI is InChI=1S/C33H52N4O5/c1-8-24-13-12-14-25(21-24)29(30(39)35-26-15-10-9-11-16-26)37(23(4)18-17-22(2)3)31(40)27(19-20-28(34)38)36-32(41)42-33(5,6)7/h8,12-14,21-23,26-27,29H,1,9-11,15-20H2,2-7H3,(H2,34,38)(H,35,39)(H,36,41). The fourth-order valence-corrected chi connectivity index (χ4v) is 5.31. The van der Waals surface area contributed by atoms with Crippen LogP contribution in [0.4, 0.5) is 4.79 Å². The van der Waals surface area contributed by atoms with Crippen LogP contribution < -0.4 is 16.4 Å². The summed E-state index contributed by atoms with van der Waals surface area (Å²) in [7, 11) is 0. The highest BCUT2D eigenvalue weighted by molar-refractivity contribution is 5.93. The molecule has 1 aromatic carbocycles. The second-order valence-corrected chi connectivity index (χ2v) is 12.9. The summed E-state index contributed by atoms with van der Waals surface area (Å²) in [5, 5.41) is 5.90. The van der Waals surface area contributed by atoms with Gasteiger partial charge in [-0.3, -0.25) is 14.4 Å². The number of rotatable bonds is 14. The Balaban J connectivity index is 2.60. The molecule has 0 heterocycles. The number of carbonyl (C=O) groups excluding carboxylic acids is 4. The van der Waals surface area contributed by atoms with Crippen molar-refractivity contribution in [1.82, 2.24) is 15.5 Å². The molecule has 4 amide bonds. The number of hydrogen-bond acceptors (Lipinski definition) is 5. The Morgan fingerprint density at radius 2 is 1.74 bits per heavy atom. The van der Waals surface area contributed by atoms with Crippen LogP contribution in [0, 0.1) is 5.92 Å². The van der Waals surface area contributed by atoms with Crippen LogP contribution in [0.3, 0.4) is 0 Å². The van der Waals surface area contributed by atoms with Gasteiger partial charge in [0, 0.05) is 18.5 Å². The van der Waals surface area contributed by atoms with E-state index in [1.165, 1.54) is 0 Å². The summed E-state index contributed by atoms with van der Waals surface area (Å²) in [5.41, 5.74) is 6.12. The molecule has 0 aromatic heterocycles. The number of ether oxygens (including phenoxy) is 1. The lowest BCUT2D eigenvalue weighted by molar-refractivity contribution is -0.145. The molecular formula is C33H52N4O5. The molecule has 0 spiro atoms. The highest BCUT2D eigenvalue weighted by Gasteiger charge is 2.39. The smallest absolute Gasteiger partial charge is 0.408 e. The predicted octanol–water partition coefficient (Wildman–Crippen LogP) is 5.63. The first-order valence-corrected chi connectivity index (χ1v) is 15.3. The second-order valence-electron chi connectivity index (χ2n) is 12.9. The minimum absolute atomic E-state index is 0.0233. The molecule has 1 aromatic rings. The van der Waals surface area contributed by atoms with Crippen molar-refractivity contribution in [3.8, 4) is 0 Å². The molecule has 1 fully saturated rings. The van der Waals surface area contributed by atoms with Crippen LogP contribution in [0.2, 0.25) is 0 Å². The Bertz CT molecular complexity index is 1070. The van der Waals surface area contributed by atoms with Gasteiger partial charge in [0.2, 0.25) is 17.7 Å². The van der Waals surface area contributed by atoms with E-state index in [4.69, 9.17) is 10.5 Å². The van der Waals surface area contributed by atoms with Crippen molar-refractivity contribution in [2.24, 2.45) is 11.7 Å². The summed E-state index contributed by atoms with van der Waals surface area (Å²) in [6.07, 6.45) is 7.28. The third-order valence-corrected chi connectivity index (χ3v) is 7.50. The molecule has 42 heavy (non-hydrogen) atoms. The summed E-state index contributed by atoms with van der Waals surface area (Å²) >= 11 is 0. The van der Waals surface area contributed by atoms with E-state index >= 15 is 0 Å². The topological polar surface area (TPSA) is 131 Å². The van der Waals surface area contributed by atoms with E-state index in [1.807, 2.05) is 31.2 Å². The maximum Gasteiger partial charge on any atom is 0.408 e. The normalized spacial score (nSPS) is 16.2. The molecule has 4 N–H and O–H groups in total. The number of alkyl carbamates (subject to hydrolysis) is 1. The first-order chi connectivity index (χ1) is 19.7. The van der Waals surface area contributed by atoms with Gasteiger partial charge in [0.1, 0.15) is 17.7 Å². The van der Waals surface area contributed by atoms with Crippen molar-refractivity contribution >= 4 is 29.9 Å². The number of primary amides is 1. The quantitative estimate of drug-likeness (QED) is 0.261. The number of benzene rings is 1. The van der Waals surface area contributed by atoms with Crippen LogP contribution in [-0.4, -0.2) is 52.4 Å². The fraction of sp³-hybridized carbons (Fsp3) is 0.636. The van der Waals surface area contributed by atoms with Crippen molar-refractivity contribution in [2.45, 2.75) is 129 Å². The number of nitrogens with two attached hydrogens (primary N) is 1. The fourth-order valence-electron chi connectivity index (χ4n) is 5.31. The maximum absolute atomic E-state index is 14.5. The van der Waals surface area contributed by atoms with E-state index in [-0.39, 0.29) is 30.8 Å². The average Bonchev–Trinajstić information content (AvgIpc) is 2.91. The molecule has 9 nitrogen and oxygen atoms in total. The van der Waals surface area contributed by atoms with Crippen LogP contribution in [-0.2, 0) is 19.1 Å². The second kappa shape index (κ2) is 16.3. The molecule has 3 unspecified atom stereocenters. The molecule has 0 bridgehead atoms. The van der Waals surface area contributed by atoms with E-state index in [9.17, 15) is 19.2 Å². The van der Waals surface area contributed by atoms with E-state index in [2.05, 4.69) is 31.1 Å². The third-order valence-electron chi connectivity index (χ3n) is 7.50. The van der Waals surface area contributed by atoms with Crippen molar-refractivity contribution in [1.29, 1.82) is 0 Å². The van der Waals surface area contributed by atoms with Gasteiger partial charge in [0.25, 0.3) is 0 Å². The van der Waals surface area contributed by atoms with Gasteiger partial charge in [0.05, 0.1) is 0 Å². The number of carbonyl (C=O) groups is 4. The molecule has 1 aliphatic carbocycles. The highest BCUT2D eigenvalue weighted by atomic mass is 16.6. The van der Waals surface area contributed by atoms with Gasteiger partial charge >= 0.3 is 6.09 Å². The number of hydrogen-bond donors (Lipinski definition) is 3. The molecule has 0 saturated heterocycles. The van der Waals surface area contributed by atoms with Crippen LogP contribution in [0.5, 0.6) is 0 Å². The minimum atomic E-state index is -1.12. The maximum atomic E-state index is 14.5. The third kappa shape index (κ3) is 11.5. The average molecular weight is 585 g/mol. The zero-order valence-electron chi connectivity index (χ0n) is 26.4. The first-order valence-electron chi connectivity index (χ1n) is 15.3. The highest BCUT2D eigenvalue weighted by Crippen LogP contribution is 2.30. The molecule has 1 saturated carbocycles. The van der Waals surface area contributed by atoms with Crippen molar-refractivity contribution in [3.05, 3.63) is 42.0 Å². The molecule has 0 radical (unpaired) electrons. The first kappa shape index (κ1) is 34.8. The lowest BCUT2D eigenvalue weighted by atomic mass is 9.93. The molecule has 1 aliphatic rings. The lowest BCUT2D eigenvalue weighted by Gasteiger charge is -2.39. The van der Waals surface area contributed by atoms with Crippen LogP contribution >= 0.6 is 0 Å². The summed E-state index contributed by atoms with van der Waals surface area (Å²) in [6, 6.07) is 5.04. The SMILES string of the molecule is C=Cc1cccc(C(C(=O)NC2CCCCC2)N(C(=O)C(CCC(N)=O)NC(=O)OC(C)(C)C)C(C)CCC(C)C)c1. The molecule has 2 rings (SSSR count). The van der Waals surface area contributed by atoms with E-state index < -0.39 is 35.6 Å². The Labute approximate surface area is 252 Å². The van der Waals surface area contributed by atoms with Crippen LogP contribution in [0.25, 0.3) is 6.08 Å². The van der Waals surface area contributed by atoms with Crippen LogP contribution in [0.1, 0.15) is 116 Å². The van der Waals surface area contributed by atoms with E-state index in [0.29, 0.717) is 17.9 Å². The van der Waals surface area contributed by atoms with Gasteiger partial charge in [-0.2, -0.15) is 0 Å². The monoisotopic (exact) mass is 584 g/mol. The summed E-state index contributed by atoms with van der Waals surface area (Å²) in [4.78, 5) is 54.9. The Morgan fingerprint density at radius 3 is 2.31 bits per heavy atom. The molecule has 234 valence electrons. The van der Waals surface area contributed by atoms with Gasteiger partial charge in [0.15, 0.2) is 0 Å². The zero-order chi connectivity index (χ0) is 31.4. The van der Waals surface area contributed by atoms with Crippen molar-refractivity contribution in [2.75, 3.05) is 0 Å². The van der Waals surface area contributed by atoms with Gasteiger partial charge in [-0.25, -0.2) is 4.79 Å². The Hall–Kier alpha value is -3.36. The number of nitrogens with zero attached hydrogens (tertiary/aromatic N) is 1. The van der Waals surface area contributed by atoms with Gasteiger partial charge in [-0.15, -0.1) is 0 Å². The van der Waals surface area contributed by atoms with Crippen LogP contribution in [0.15, 0.2) is 30.8 Å². The van der Waals surface area contributed by atoms with Crippen molar-refractivity contribution in [3.63, 3.8) is 0 Å². The lowest BCUT2D eigenvalue weighted by Crippen LogP contribution is -2.56. The van der Waals surface area contributed by atoms with Gasteiger partial charge in [-0.1, -0.05) is 64.0 Å². The van der Waals surface area contributed by atoms with E-state index in [0.717, 1.165) is 44.1 Å². The molecule has 9 heteroatoms. The predicted molar refractivity (Wildman–Crippen MR) is 166 cm³/mol. The summed E-state index contributed by atoms with van der Waals surface area (Å²) in [5.74, 6) is -0.943. The van der Waals surface area contributed by atoms with E-state index in [1.54, 1.807) is 31.7 Å². The minimum Gasteiger partial charge on any atom is -0.444 e. The Morgan fingerprint density at radius 1 is 1.07 bits per heavy atom. The molecule has 3 atom stereocenters. The summed E-state index contributed by atoms with van der Waals surface area (Å²) in [6.45, 7) is 15.2. The largest absolute Gasteiger partial charge is 0.444 e. The van der Waals surface area contributed by atoms with Gasteiger partial charge < -0.3 is 26.0 Å². The Kier molecular flexibility index (Phi) is 13.5. The molecular weight excluding hydrogens is 532 g/mol. The summed E-state index contributed by atoms with van der Waals surface area (Å²) < 4.78 is 5.44. The number of nitrogens with one attached hydrogen (secondary N) is 2. The molecule has 0 aliphatic heterocycles.